The van der Waals surface area contributed by atoms with Crippen LogP contribution in [0.15, 0.2) is 22.6 Å². The maximum absolute atomic E-state index is 12.0. The summed E-state index contributed by atoms with van der Waals surface area (Å²) < 4.78 is 11.1. The molecule has 114 valence electrons. The first-order valence-corrected chi connectivity index (χ1v) is 6.89. The SMILES string of the molecule is Cc1c(CN(C)C(=O)OC(C)(C)C)oc2cccc(N)c12. The van der Waals surface area contributed by atoms with Gasteiger partial charge in [-0.2, -0.15) is 0 Å². The molecular formula is C16H22N2O3. The average Bonchev–Trinajstić information content (AvgIpc) is 2.65. The summed E-state index contributed by atoms with van der Waals surface area (Å²) in [5.74, 6) is 0.719. The lowest BCUT2D eigenvalue weighted by Gasteiger charge is -2.24. The van der Waals surface area contributed by atoms with Gasteiger partial charge in [0.05, 0.1) is 6.54 Å². The molecule has 1 heterocycles. The first-order valence-electron chi connectivity index (χ1n) is 6.89. The van der Waals surface area contributed by atoms with Crippen LogP contribution in [-0.2, 0) is 11.3 Å². The van der Waals surface area contributed by atoms with Crippen molar-refractivity contribution in [3.05, 3.63) is 29.5 Å². The second-order valence-corrected chi connectivity index (χ2v) is 6.21. The van der Waals surface area contributed by atoms with Crippen molar-refractivity contribution in [2.75, 3.05) is 12.8 Å². The standard InChI is InChI=1S/C16H22N2O3/c1-10-13(9-18(5)15(19)21-16(2,3)4)20-12-8-6-7-11(17)14(10)12/h6-8H,9,17H2,1-5H3. The normalized spacial score (nSPS) is 11.7. The fourth-order valence-corrected chi connectivity index (χ4v) is 2.15. The Bertz CT molecular complexity index is 668. The van der Waals surface area contributed by atoms with E-state index in [2.05, 4.69) is 0 Å². The van der Waals surface area contributed by atoms with Crippen LogP contribution in [0.3, 0.4) is 0 Å². The minimum absolute atomic E-state index is 0.342. The molecule has 2 N–H and O–H groups in total. The smallest absolute Gasteiger partial charge is 0.410 e. The molecule has 5 heteroatoms. The molecule has 0 aliphatic carbocycles. The van der Waals surface area contributed by atoms with Gasteiger partial charge in [-0.05, 0) is 39.8 Å². The highest BCUT2D eigenvalue weighted by atomic mass is 16.6. The second-order valence-electron chi connectivity index (χ2n) is 6.21. The third kappa shape index (κ3) is 3.29. The lowest BCUT2D eigenvalue weighted by atomic mass is 10.1. The summed E-state index contributed by atoms with van der Waals surface area (Å²) >= 11 is 0. The van der Waals surface area contributed by atoms with Gasteiger partial charge in [0.25, 0.3) is 0 Å². The van der Waals surface area contributed by atoms with Crippen LogP contribution in [0, 0.1) is 6.92 Å². The molecule has 21 heavy (non-hydrogen) atoms. The largest absolute Gasteiger partial charge is 0.459 e. The summed E-state index contributed by atoms with van der Waals surface area (Å²) in [4.78, 5) is 13.5. The van der Waals surface area contributed by atoms with Crippen molar-refractivity contribution in [3.8, 4) is 0 Å². The molecule has 1 amide bonds. The molecule has 2 aromatic rings. The summed E-state index contributed by atoms with van der Waals surface area (Å²) in [6.45, 7) is 7.80. The molecule has 0 saturated heterocycles. The number of hydrogen-bond acceptors (Lipinski definition) is 4. The Balaban J connectivity index is 2.22. The van der Waals surface area contributed by atoms with E-state index in [4.69, 9.17) is 14.9 Å². The number of carbonyl (C=O) groups excluding carboxylic acids is 1. The van der Waals surface area contributed by atoms with Gasteiger partial charge in [0, 0.05) is 23.7 Å². The number of rotatable bonds is 2. The topological polar surface area (TPSA) is 68.7 Å². The molecule has 5 nitrogen and oxygen atoms in total. The van der Waals surface area contributed by atoms with E-state index in [9.17, 15) is 4.79 Å². The zero-order chi connectivity index (χ0) is 15.8. The van der Waals surface area contributed by atoms with Gasteiger partial charge in [-0.15, -0.1) is 0 Å². The van der Waals surface area contributed by atoms with Crippen LogP contribution in [-0.4, -0.2) is 23.6 Å². The van der Waals surface area contributed by atoms with Gasteiger partial charge < -0.3 is 19.8 Å². The summed E-state index contributed by atoms with van der Waals surface area (Å²) in [5.41, 5.74) is 7.84. The zero-order valence-corrected chi connectivity index (χ0v) is 13.2. The first-order chi connectivity index (χ1) is 9.69. The number of carbonyl (C=O) groups is 1. The third-order valence-corrected chi connectivity index (χ3v) is 3.17. The van der Waals surface area contributed by atoms with E-state index in [0.29, 0.717) is 12.2 Å². The minimum Gasteiger partial charge on any atom is -0.459 e. The predicted octanol–water partition coefficient (Wildman–Crippen LogP) is 3.69. The van der Waals surface area contributed by atoms with E-state index in [0.717, 1.165) is 22.3 Å². The highest BCUT2D eigenvalue weighted by molar-refractivity contribution is 5.93. The number of fused-ring (bicyclic) bond motifs is 1. The van der Waals surface area contributed by atoms with E-state index in [-0.39, 0.29) is 6.09 Å². The average molecular weight is 290 g/mol. The van der Waals surface area contributed by atoms with Gasteiger partial charge in [0.1, 0.15) is 16.9 Å². The molecule has 0 unspecified atom stereocenters. The minimum atomic E-state index is -0.515. The lowest BCUT2D eigenvalue weighted by molar-refractivity contribution is 0.0275. The summed E-state index contributed by atoms with van der Waals surface area (Å²) in [6.07, 6.45) is -0.379. The van der Waals surface area contributed by atoms with E-state index >= 15 is 0 Å². The zero-order valence-electron chi connectivity index (χ0n) is 13.2. The van der Waals surface area contributed by atoms with E-state index in [1.165, 1.54) is 4.90 Å². The van der Waals surface area contributed by atoms with Gasteiger partial charge in [-0.1, -0.05) is 6.07 Å². The van der Waals surface area contributed by atoms with Gasteiger partial charge >= 0.3 is 6.09 Å². The fraction of sp³-hybridized carbons (Fsp3) is 0.438. The van der Waals surface area contributed by atoms with Crippen molar-refractivity contribution in [2.24, 2.45) is 0 Å². The van der Waals surface area contributed by atoms with Gasteiger partial charge in [0.15, 0.2) is 0 Å². The first kappa shape index (κ1) is 15.2. The number of furan rings is 1. The number of aryl methyl sites for hydroxylation is 1. The molecule has 0 aliphatic heterocycles. The summed E-state index contributed by atoms with van der Waals surface area (Å²) in [5, 5.41) is 0.907. The van der Waals surface area contributed by atoms with Crippen molar-refractivity contribution in [2.45, 2.75) is 39.8 Å². The summed E-state index contributed by atoms with van der Waals surface area (Å²) in [6, 6.07) is 5.56. The van der Waals surface area contributed by atoms with Crippen molar-refractivity contribution < 1.29 is 13.9 Å². The van der Waals surface area contributed by atoms with Crippen LogP contribution in [0.5, 0.6) is 0 Å². The molecule has 0 fully saturated rings. The van der Waals surface area contributed by atoms with Crippen LogP contribution in [0.4, 0.5) is 10.5 Å². The van der Waals surface area contributed by atoms with E-state index in [1.807, 2.05) is 45.9 Å². The van der Waals surface area contributed by atoms with Gasteiger partial charge in [-0.3, -0.25) is 0 Å². The van der Waals surface area contributed by atoms with Crippen LogP contribution in [0.1, 0.15) is 32.1 Å². The molecule has 0 aliphatic rings. The molecule has 0 saturated carbocycles. The number of nitrogens with zero attached hydrogens (tertiary/aromatic N) is 1. The Hall–Kier alpha value is -2.17. The Labute approximate surface area is 124 Å². The van der Waals surface area contributed by atoms with Crippen LogP contribution in [0.2, 0.25) is 0 Å². The lowest BCUT2D eigenvalue weighted by Crippen LogP contribution is -2.33. The number of hydrogen-bond donors (Lipinski definition) is 1. The molecule has 0 spiro atoms. The molecule has 1 aromatic carbocycles. The third-order valence-electron chi connectivity index (χ3n) is 3.17. The number of anilines is 1. The molecular weight excluding hydrogens is 268 g/mol. The number of nitrogen functional groups attached to an aromatic ring is 1. The van der Waals surface area contributed by atoms with Crippen molar-refractivity contribution in [3.63, 3.8) is 0 Å². The molecule has 0 radical (unpaired) electrons. The van der Waals surface area contributed by atoms with E-state index < -0.39 is 5.60 Å². The fourth-order valence-electron chi connectivity index (χ4n) is 2.15. The van der Waals surface area contributed by atoms with E-state index in [1.54, 1.807) is 7.05 Å². The highest BCUT2D eigenvalue weighted by Gasteiger charge is 2.22. The van der Waals surface area contributed by atoms with Crippen molar-refractivity contribution in [1.82, 2.24) is 4.90 Å². The Kier molecular flexibility index (Phi) is 3.85. The molecule has 0 bridgehead atoms. The number of benzene rings is 1. The molecule has 1 aromatic heterocycles. The molecule has 0 atom stereocenters. The number of ether oxygens (including phenoxy) is 1. The van der Waals surface area contributed by atoms with Gasteiger partial charge in [0.2, 0.25) is 0 Å². The predicted molar refractivity (Wildman–Crippen MR) is 83.1 cm³/mol. The maximum atomic E-state index is 12.0. The Morgan fingerprint density at radius 3 is 2.62 bits per heavy atom. The quantitative estimate of drug-likeness (QED) is 0.856. The molecule has 2 rings (SSSR count). The summed E-state index contributed by atoms with van der Waals surface area (Å²) in [7, 11) is 1.68. The Morgan fingerprint density at radius 1 is 1.38 bits per heavy atom. The Morgan fingerprint density at radius 2 is 2.05 bits per heavy atom. The van der Waals surface area contributed by atoms with Gasteiger partial charge in [-0.25, -0.2) is 4.79 Å². The van der Waals surface area contributed by atoms with Crippen LogP contribution in [0.25, 0.3) is 11.0 Å². The second kappa shape index (κ2) is 5.31. The maximum Gasteiger partial charge on any atom is 0.410 e. The monoisotopic (exact) mass is 290 g/mol. The van der Waals surface area contributed by atoms with Crippen molar-refractivity contribution >= 4 is 22.7 Å². The number of amides is 1. The highest BCUT2D eigenvalue weighted by Crippen LogP contribution is 2.30. The van der Waals surface area contributed by atoms with Crippen molar-refractivity contribution in [1.29, 1.82) is 0 Å². The van der Waals surface area contributed by atoms with Crippen LogP contribution >= 0.6 is 0 Å². The van der Waals surface area contributed by atoms with Crippen LogP contribution < -0.4 is 5.73 Å². The number of nitrogens with two attached hydrogens (primary N) is 1.